The molecular formula is C23H25N5O. The number of carbonyl (C=O) groups excluding carboxylic acids is 1. The lowest BCUT2D eigenvalue weighted by molar-refractivity contribution is 0.202. The summed E-state index contributed by atoms with van der Waals surface area (Å²) in [6.45, 7) is 5.03. The summed E-state index contributed by atoms with van der Waals surface area (Å²) in [5.41, 5.74) is 5.10. The average Bonchev–Trinajstić information content (AvgIpc) is 3.08. The number of amides is 2. The maximum atomic E-state index is 12.7. The normalized spacial score (nSPS) is 22.4. The number of rotatable bonds is 5. The zero-order valence-electron chi connectivity index (χ0n) is 16.6. The fraction of sp³-hybridized carbons (Fsp3) is 0.348. The van der Waals surface area contributed by atoms with Crippen molar-refractivity contribution in [1.82, 2.24) is 25.0 Å². The number of urea groups is 1. The highest BCUT2D eigenvalue weighted by atomic mass is 16.2. The van der Waals surface area contributed by atoms with Crippen LogP contribution >= 0.6 is 0 Å². The first-order chi connectivity index (χ1) is 14.1. The van der Waals surface area contributed by atoms with Gasteiger partial charge in [-0.25, -0.2) is 14.5 Å². The molecule has 0 radical (unpaired) electrons. The fourth-order valence-electron chi connectivity index (χ4n) is 4.52. The molecule has 1 N–H and O–H groups in total. The standard InChI is InChI=1S/C23H25N5O/c1-17-2-8-20(9-3-17)23-10-21(23)13-27(14-23)22(29)25-11-18-4-6-19(7-5-18)12-28-16-24-15-26-28/h2-9,15-16,21H,10-14H2,1H3,(H,25,29)/t21-,23+/m0/s1. The smallest absolute Gasteiger partial charge is 0.317 e. The van der Waals surface area contributed by atoms with Crippen molar-refractivity contribution < 1.29 is 4.79 Å². The van der Waals surface area contributed by atoms with Crippen LogP contribution in [-0.4, -0.2) is 38.8 Å². The van der Waals surface area contributed by atoms with Gasteiger partial charge in [0.05, 0.1) is 6.54 Å². The van der Waals surface area contributed by atoms with Crippen LogP contribution in [-0.2, 0) is 18.5 Å². The molecule has 2 amide bonds. The highest BCUT2D eigenvalue weighted by Crippen LogP contribution is 2.58. The van der Waals surface area contributed by atoms with Gasteiger partial charge in [-0.1, -0.05) is 54.1 Å². The number of aryl methyl sites for hydroxylation is 1. The van der Waals surface area contributed by atoms with Crippen molar-refractivity contribution in [1.29, 1.82) is 0 Å². The van der Waals surface area contributed by atoms with Gasteiger partial charge < -0.3 is 10.2 Å². The maximum absolute atomic E-state index is 12.7. The summed E-state index contributed by atoms with van der Waals surface area (Å²) in [6, 6.07) is 17.1. The zero-order chi connectivity index (χ0) is 19.8. The highest BCUT2D eigenvalue weighted by Gasteiger charge is 2.61. The Hall–Kier alpha value is -3.15. The molecule has 3 aromatic rings. The SMILES string of the molecule is Cc1ccc([C@]23C[C@H]2CN(C(=O)NCc2ccc(Cn4cncn4)cc2)C3)cc1. The van der Waals surface area contributed by atoms with Crippen LogP contribution in [0.4, 0.5) is 4.79 Å². The van der Waals surface area contributed by atoms with Gasteiger partial charge in [0.15, 0.2) is 0 Å². The molecule has 1 aromatic heterocycles. The Morgan fingerprint density at radius 3 is 2.62 bits per heavy atom. The lowest BCUT2D eigenvalue weighted by Crippen LogP contribution is -2.40. The second-order valence-corrected chi connectivity index (χ2v) is 8.37. The molecule has 0 spiro atoms. The van der Waals surface area contributed by atoms with E-state index < -0.39 is 0 Å². The summed E-state index contributed by atoms with van der Waals surface area (Å²) in [5.74, 6) is 0.604. The zero-order valence-corrected chi connectivity index (χ0v) is 16.6. The number of nitrogens with zero attached hydrogens (tertiary/aromatic N) is 4. The molecule has 29 heavy (non-hydrogen) atoms. The monoisotopic (exact) mass is 387 g/mol. The lowest BCUT2D eigenvalue weighted by atomic mass is 9.94. The maximum Gasteiger partial charge on any atom is 0.317 e. The topological polar surface area (TPSA) is 63.1 Å². The lowest BCUT2D eigenvalue weighted by Gasteiger charge is -2.22. The number of piperidine rings is 1. The predicted octanol–water partition coefficient (Wildman–Crippen LogP) is 3.12. The number of aromatic nitrogens is 3. The molecule has 6 heteroatoms. The quantitative estimate of drug-likeness (QED) is 0.732. The van der Waals surface area contributed by atoms with Gasteiger partial charge in [-0.15, -0.1) is 0 Å². The Kier molecular flexibility index (Phi) is 4.34. The summed E-state index contributed by atoms with van der Waals surface area (Å²) in [4.78, 5) is 18.6. The third-order valence-electron chi connectivity index (χ3n) is 6.34. The van der Waals surface area contributed by atoms with Gasteiger partial charge in [0, 0.05) is 25.0 Å². The first kappa shape index (κ1) is 17.9. The third kappa shape index (κ3) is 3.50. The molecule has 2 heterocycles. The molecule has 1 saturated carbocycles. The van der Waals surface area contributed by atoms with Crippen molar-refractivity contribution in [2.45, 2.75) is 31.8 Å². The number of fused-ring (bicyclic) bond motifs is 1. The van der Waals surface area contributed by atoms with Crippen molar-refractivity contribution in [3.63, 3.8) is 0 Å². The number of carbonyl (C=O) groups is 1. The molecule has 1 aliphatic heterocycles. The molecule has 1 saturated heterocycles. The summed E-state index contributed by atoms with van der Waals surface area (Å²) >= 11 is 0. The van der Waals surface area contributed by atoms with Gasteiger partial charge >= 0.3 is 6.03 Å². The van der Waals surface area contributed by atoms with Crippen LogP contribution in [0.3, 0.4) is 0 Å². The van der Waals surface area contributed by atoms with Crippen molar-refractivity contribution in [2.75, 3.05) is 13.1 Å². The summed E-state index contributed by atoms with van der Waals surface area (Å²) < 4.78 is 1.79. The predicted molar refractivity (Wildman–Crippen MR) is 110 cm³/mol. The van der Waals surface area contributed by atoms with Gasteiger partial charge in [0.25, 0.3) is 0 Å². The number of nitrogens with one attached hydrogen (secondary N) is 1. The molecule has 2 aromatic carbocycles. The van der Waals surface area contributed by atoms with Crippen molar-refractivity contribution in [3.05, 3.63) is 83.4 Å². The summed E-state index contributed by atoms with van der Waals surface area (Å²) in [7, 11) is 0. The highest BCUT2D eigenvalue weighted by molar-refractivity contribution is 5.75. The minimum atomic E-state index is 0.0374. The van der Waals surface area contributed by atoms with Crippen LogP contribution in [0, 0.1) is 12.8 Å². The van der Waals surface area contributed by atoms with E-state index in [1.165, 1.54) is 23.9 Å². The number of likely N-dealkylation sites (tertiary alicyclic amines) is 1. The molecule has 0 unspecified atom stereocenters. The van der Waals surface area contributed by atoms with Crippen LogP contribution in [0.15, 0.2) is 61.2 Å². The number of hydrogen-bond donors (Lipinski definition) is 1. The van der Waals surface area contributed by atoms with Gasteiger partial charge in [-0.3, -0.25) is 0 Å². The van der Waals surface area contributed by atoms with Gasteiger partial charge in [0.1, 0.15) is 12.7 Å². The van der Waals surface area contributed by atoms with E-state index in [4.69, 9.17) is 0 Å². The molecule has 1 aliphatic carbocycles. The van der Waals surface area contributed by atoms with Gasteiger partial charge in [-0.05, 0) is 36.0 Å². The average molecular weight is 387 g/mol. The summed E-state index contributed by atoms with van der Waals surface area (Å²) in [6.07, 6.45) is 4.44. The molecule has 5 rings (SSSR count). The molecule has 6 nitrogen and oxygen atoms in total. The van der Waals surface area contributed by atoms with Gasteiger partial charge in [0.2, 0.25) is 0 Å². The Morgan fingerprint density at radius 1 is 1.14 bits per heavy atom. The molecule has 2 aliphatic rings. The Morgan fingerprint density at radius 2 is 1.90 bits per heavy atom. The van der Waals surface area contributed by atoms with E-state index in [2.05, 4.69) is 70.9 Å². The fourth-order valence-corrected chi connectivity index (χ4v) is 4.52. The van der Waals surface area contributed by atoms with Crippen LogP contribution in [0.1, 0.15) is 28.7 Å². The van der Waals surface area contributed by atoms with E-state index in [9.17, 15) is 4.79 Å². The van der Waals surface area contributed by atoms with Crippen molar-refractivity contribution >= 4 is 6.03 Å². The second-order valence-electron chi connectivity index (χ2n) is 8.37. The number of benzene rings is 2. The first-order valence-corrected chi connectivity index (χ1v) is 10.1. The molecule has 148 valence electrons. The Balaban J connectivity index is 1.15. The van der Waals surface area contributed by atoms with Crippen LogP contribution in [0.5, 0.6) is 0 Å². The third-order valence-corrected chi connectivity index (χ3v) is 6.34. The minimum Gasteiger partial charge on any atom is -0.334 e. The number of hydrogen-bond acceptors (Lipinski definition) is 3. The second kappa shape index (κ2) is 7.03. The van der Waals surface area contributed by atoms with Crippen molar-refractivity contribution in [2.24, 2.45) is 5.92 Å². The largest absolute Gasteiger partial charge is 0.334 e. The first-order valence-electron chi connectivity index (χ1n) is 10.1. The Bertz CT molecular complexity index is 997. The molecular weight excluding hydrogens is 362 g/mol. The molecule has 2 fully saturated rings. The Labute approximate surface area is 170 Å². The van der Waals surface area contributed by atoms with E-state index in [0.717, 1.165) is 24.2 Å². The minimum absolute atomic E-state index is 0.0374. The summed E-state index contributed by atoms with van der Waals surface area (Å²) in [5, 5.41) is 7.21. The van der Waals surface area contributed by atoms with E-state index >= 15 is 0 Å². The van der Waals surface area contributed by atoms with E-state index in [0.29, 0.717) is 19.0 Å². The van der Waals surface area contributed by atoms with Gasteiger partial charge in [-0.2, -0.15) is 5.10 Å². The van der Waals surface area contributed by atoms with E-state index in [1.54, 1.807) is 11.0 Å². The van der Waals surface area contributed by atoms with Crippen molar-refractivity contribution in [3.8, 4) is 0 Å². The van der Waals surface area contributed by atoms with E-state index in [1.807, 2.05) is 4.90 Å². The molecule has 0 bridgehead atoms. The van der Waals surface area contributed by atoms with Crippen LogP contribution in [0.25, 0.3) is 0 Å². The van der Waals surface area contributed by atoms with E-state index in [-0.39, 0.29) is 11.4 Å². The molecule has 2 atom stereocenters. The van der Waals surface area contributed by atoms with Crippen LogP contribution in [0.2, 0.25) is 0 Å². The van der Waals surface area contributed by atoms with Crippen LogP contribution < -0.4 is 5.32 Å².